The molecule has 1 N–H and O–H groups in total. The number of hydrogen-bond acceptors (Lipinski definition) is 4. The molecule has 0 radical (unpaired) electrons. The van der Waals surface area contributed by atoms with E-state index in [4.69, 9.17) is 0 Å². The van der Waals surface area contributed by atoms with Crippen LogP contribution in [-0.2, 0) is 10.0 Å². The molecule has 0 bridgehead atoms. The Morgan fingerprint density at radius 3 is 2.42 bits per heavy atom. The van der Waals surface area contributed by atoms with Crippen LogP contribution in [0, 0.1) is 0 Å². The third kappa shape index (κ3) is 4.09. The van der Waals surface area contributed by atoms with E-state index in [9.17, 15) is 8.42 Å². The molecule has 19 heavy (non-hydrogen) atoms. The van der Waals surface area contributed by atoms with Gasteiger partial charge in [-0.3, -0.25) is 4.72 Å². The highest BCUT2D eigenvalue weighted by atomic mass is 32.2. The van der Waals surface area contributed by atoms with Gasteiger partial charge in [-0.2, -0.15) is 0 Å². The number of anilines is 2. The number of aromatic nitrogens is 1. The lowest BCUT2D eigenvalue weighted by Gasteiger charge is -2.21. The largest absolute Gasteiger partial charge is 0.357 e. The Bertz CT molecular complexity index is 491. The van der Waals surface area contributed by atoms with Gasteiger partial charge in [0, 0.05) is 13.1 Å². The molecule has 0 unspecified atom stereocenters. The smallest absolute Gasteiger partial charge is 0.232 e. The zero-order valence-electron chi connectivity index (χ0n) is 11.3. The van der Waals surface area contributed by atoms with Gasteiger partial charge in [-0.15, -0.1) is 0 Å². The lowest BCUT2D eigenvalue weighted by atomic mass is 10.2. The van der Waals surface area contributed by atoms with Crippen molar-refractivity contribution >= 4 is 21.5 Å². The van der Waals surface area contributed by atoms with Crippen LogP contribution < -0.4 is 9.62 Å². The molecule has 0 amide bonds. The Hall–Kier alpha value is -1.30. The average Bonchev–Trinajstić information content (AvgIpc) is 2.68. The van der Waals surface area contributed by atoms with Crippen molar-refractivity contribution in [3.63, 3.8) is 0 Å². The van der Waals surface area contributed by atoms with Crippen LogP contribution in [0.15, 0.2) is 18.3 Å². The third-order valence-electron chi connectivity index (χ3n) is 3.33. The summed E-state index contributed by atoms with van der Waals surface area (Å²) in [6, 6.07) is 3.67. The minimum absolute atomic E-state index is 0.0703. The first-order chi connectivity index (χ1) is 9.11. The van der Waals surface area contributed by atoms with Crippen LogP contribution in [0.25, 0.3) is 0 Å². The van der Waals surface area contributed by atoms with Gasteiger partial charge < -0.3 is 4.90 Å². The first-order valence-electron chi connectivity index (χ1n) is 6.82. The maximum atomic E-state index is 11.5. The molecule has 2 heterocycles. The van der Waals surface area contributed by atoms with Crippen molar-refractivity contribution < 1.29 is 8.42 Å². The standard InChI is InChI=1S/C13H21N3O2S/c1-2-19(17,18)15-12-7-8-13(14-11-12)16-9-5-3-4-6-10-16/h7-8,11,15H,2-6,9-10H2,1H3. The molecule has 1 saturated heterocycles. The molecule has 0 saturated carbocycles. The maximum Gasteiger partial charge on any atom is 0.232 e. The Labute approximate surface area is 115 Å². The molecule has 0 atom stereocenters. The Kier molecular flexibility index (Phi) is 4.63. The molecule has 0 aromatic carbocycles. The second-order valence-electron chi connectivity index (χ2n) is 4.81. The Morgan fingerprint density at radius 2 is 1.89 bits per heavy atom. The van der Waals surface area contributed by atoms with E-state index in [1.165, 1.54) is 25.7 Å². The molecule has 1 aromatic rings. The topological polar surface area (TPSA) is 62.3 Å². The molecule has 5 nitrogen and oxygen atoms in total. The van der Waals surface area contributed by atoms with Gasteiger partial charge in [0.1, 0.15) is 5.82 Å². The maximum absolute atomic E-state index is 11.5. The van der Waals surface area contributed by atoms with Crippen LogP contribution in [0.2, 0.25) is 0 Å². The molecule has 1 fully saturated rings. The van der Waals surface area contributed by atoms with E-state index in [-0.39, 0.29) is 5.75 Å². The van der Waals surface area contributed by atoms with Gasteiger partial charge in [0.2, 0.25) is 10.0 Å². The SMILES string of the molecule is CCS(=O)(=O)Nc1ccc(N2CCCCCC2)nc1. The second kappa shape index (κ2) is 6.23. The summed E-state index contributed by atoms with van der Waals surface area (Å²) in [5.41, 5.74) is 0.528. The van der Waals surface area contributed by atoms with E-state index in [1.54, 1.807) is 19.2 Å². The molecule has 1 aliphatic heterocycles. The summed E-state index contributed by atoms with van der Waals surface area (Å²) in [7, 11) is -3.22. The van der Waals surface area contributed by atoms with E-state index in [1.807, 2.05) is 6.07 Å². The third-order valence-corrected chi connectivity index (χ3v) is 4.64. The van der Waals surface area contributed by atoms with E-state index < -0.39 is 10.0 Å². The van der Waals surface area contributed by atoms with Gasteiger partial charge in [0.05, 0.1) is 17.6 Å². The summed E-state index contributed by atoms with van der Waals surface area (Å²) in [5.74, 6) is 1.00. The summed E-state index contributed by atoms with van der Waals surface area (Å²) >= 11 is 0. The molecule has 1 aromatic heterocycles. The number of pyridine rings is 1. The number of sulfonamides is 1. The zero-order chi connectivity index (χ0) is 13.7. The Morgan fingerprint density at radius 1 is 1.21 bits per heavy atom. The van der Waals surface area contributed by atoms with Crippen molar-refractivity contribution in [3.05, 3.63) is 18.3 Å². The fourth-order valence-electron chi connectivity index (χ4n) is 2.19. The number of nitrogens with one attached hydrogen (secondary N) is 1. The first kappa shape index (κ1) is 14.1. The number of hydrogen-bond donors (Lipinski definition) is 1. The monoisotopic (exact) mass is 283 g/mol. The van der Waals surface area contributed by atoms with Crippen LogP contribution in [0.1, 0.15) is 32.6 Å². The minimum atomic E-state index is -3.22. The molecule has 0 spiro atoms. The highest BCUT2D eigenvalue weighted by Gasteiger charge is 2.12. The molecule has 2 rings (SSSR count). The lowest BCUT2D eigenvalue weighted by molar-refractivity contribution is 0.602. The van der Waals surface area contributed by atoms with Gasteiger partial charge in [0.15, 0.2) is 0 Å². The normalized spacial score (nSPS) is 17.0. The Balaban J connectivity index is 2.05. The van der Waals surface area contributed by atoms with E-state index in [2.05, 4.69) is 14.6 Å². The van der Waals surface area contributed by atoms with Crippen molar-refractivity contribution in [2.75, 3.05) is 28.5 Å². The second-order valence-corrected chi connectivity index (χ2v) is 6.82. The summed E-state index contributed by atoms with van der Waals surface area (Å²) in [4.78, 5) is 6.63. The molecular weight excluding hydrogens is 262 g/mol. The van der Waals surface area contributed by atoms with Crippen LogP contribution in [0.3, 0.4) is 0 Å². The van der Waals surface area contributed by atoms with Gasteiger partial charge in [0.25, 0.3) is 0 Å². The summed E-state index contributed by atoms with van der Waals surface area (Å²) in [6.07, 6.45) is 6.56. The van der Waals surface area contributed by atoms with Crippen LogP contribution in [0.5, 0.6) is 0 Å². The number of rotatable bonds is 4. The first-order valence-corrected chi connectivity index (χ1v) is 8.47. The minimum Gasteiger partial charge on any atom is -0.357 e. The highest BCUT2D eigenvalue weighted by Crippen LogP contribution is 2.19. The van der Waals surface area contributed by atoms with Crippen molar-refractivity contribution in [2.45, 2.75) is 32.6 Å². The molecule has 1 aliphatic rings. The van der Waals surface area contributed by atoms with Crippen LogP contribution in [-0.4, -0.2) is 32.2 Å². The summed E-state index contributed by atoms with van der Waals surface area (Å²) in [6.45, 7) is 3.68. The average molecular weight is 283 g/mol. The van der Waals surface area contributed by atoms with E-state index in [0.29, 0.717) is 5.69 Å². The number of nitrogens with zero attached hydrogens (tertiary/aromatic N) is 2. The van der Waals surface area contributed by atoms with Crippen molar-refractivity contribution in [3.8, 4) is 0 Å². The highest BCUT2D eigenvalue weighted by molar-refractivity contribution is 7.92. The van der Waals surface area contributed by atoms with E-state index >= 15 is 0 Å². The predicted octanol–water partition coefficient (Wildman–Crippen LogP) is 2.22. The van der Waals surface area contributed by atoms with E-state index in [0.717, 1.165) is 18.9 Å². The molecule has 0 aliphatic carbocycles. The van der Waals surface area contributed by atoms with Crippen molar-refractivity contribution in [2.24, 2.45) is 0 Å². The van der Waals surface area contributed by atoms with Gasteiger partial charge in [-0.25, -0.2) is 13.4 Å². The van der Waals surface area contributed by atoms with Crippen molar-refractivity contribution in [1.29, 1.82) is 0 Å². The van der Waals surface area contributed by atoms with Crippen molar-refractivity contribution in [1.82, 2.24) is 4.98 Å². The fraction of sp³-hybridized carbons (Fsp3) is 0.615. The summed E-state index contributed by atoms with van der Waals surface area (Å²) in [5, 5.41) is 0. The molecule has 106 valence electrons. The lowest BCUT2D eigenvalue weighted by Crippen LogP contribution is -2.24. The van der Waals surface area contributed by atoms with Gasteiger partial charge in [-0.1, -0.05) is 12.8 Å². The van der Waals surface area contributed by atoms with Gasteiger partial charge >= 0.3 is 0 Å². The summed E-state index contributed by atoms with van der Waals surface area (Å²) < 4.78 is 25.4. The molecular formula is C13H21N3O2S. The predicted molar refractivity (Wildman–Crippen MR) is 78.0 cm³/mol. The van der Waals surface area contributed by atoms with Gasteiger partial charge in [-0.05, 0) is 31.9 Å². The fourth-order valence-corrected chi connectivity index (χ4v) is 2.81. The van der Waals surface area contributed by atoms with Crippen LogP contribution >= 0.6 is 0 Å². The quantitative estimate of drug-likeness (QED) is 0.920. The molecule has 6 heteroatoms. The zero-order valence-corrected chi connectivity index (χ0v) is 12.1. The van der Waals surface area contributed by atoms with Crippen LogP contribution in [0.4, 0.5) is 11.5 Å².